The maximum absolute atomic E-state index is 11.9. The van der Waals surface area contributed by atoms with E-state index in [-0.39, 0.29) is 6.54 Å². The number of carbonyl (C=O) groups is 1. The van der Waals surface area contributed by atoms with Crippen LogP contribution in [0.3, 0.4) is 0 Å². The Morgan fingerprint density at radius 2 is 2.13 bits per heavy atom. The average molecular weight is 319 g/mol. The standard InChI is InChI=1S/C12H13N7O4/c1-8(7-18-16-12(15-17-18)19(21)22)13-14-11(20)9-3-5-10(23-2)6-4-9/h3-6H,7H2,1-2H3,(H,14,20)/b13-8+. The van der Waals surface area contributed by atoms with Gasteiger partial charge in [0.2, 0.25) is 0 Å². The number of carbonyl (C=O) groups excluding carboxylic acids is 1. The van der Waals surface area contributed by atoms with E-state index in [0.29, 0.717) is 17.0 Å². The summed E-state index contributed by atoms with van der Waals surface area (Å²) in [6, 6.07) is 6.51. The molecule has 0 saturated carbocycles. The zero-order valence-electron chi connectivity index (χ0n) is 12.3. The quantitative estimate of drug-likeness (QED) is 0.462. The van der Waals surface area contributed by atoms with E-state index in [1.165, 1.54) is 7.11 Å². The van der Waals surface area contributed by atoms with E-state index in [2.05, 4.69) is 25.9 Å². The second kappa shape index (κ2) is 7.06. The Bertz CT molecular complexity index is 738. The van der Waals surface area contributed by atoms with Gasteiger partial charge in [-0.25, -0.2) is 5.43 Å². The lowest BCUT2D eigenvalue weighted by molar-refractivity contribution is -0.394. The van der Waals surface area contributed by atoms with Gasteiger partial charge < -0.3 is 14.9 Å². The van der Waals surface area contributed by atoms with E-state index in [1.807, 2.05) is 0 Å². The molecule has 11 nitrogen and oxygen atoms in total. The van der Waals surface area contributed by atoms with E-state index >= 15 is 0 Å². The first kappa shape index (κ1) is 16.0. The third kappa shape index (κ3) is 4.30. The molecule has 0 saturated heterocycles. The van der Waals surface area contributed by atoms with Gasteiger partial charge in [-0.2, -0.15) is 5.10 Å². The molecule has 2 aromatic rings. The Morgan fingerprint density at radius 3 is 2.70 bits per heavy atom. The van der Waals surface area contributed by atoms with Crippen LogP contribution in [0, 0.1) is 10.1 Å². The zero-order valence-corrected chi connectivity index (χ0v) is 12.3. The molecular formula is C12H13N7O4. The van der Waals surface area contributed by atoms with Gasteiger partial charge in [0.1, 0.15) is 12.3 Å². The van der Waals surface area contributed by atoms with Gasteiger partial charge in [0, 0.05) is 10.8 Å². The maximum atomic E-state index is 11.9. The van der Waals surface area contributed by atoms with Crippen molar-refractivity contribution in [1.82, 2.24) is 25.6 Å². The lowest BCUT2D eigenvalue weighted by atomic mass is 10.2. The van der Waals surface area contributed by atoms with E-state index in [0.717, 1.165) is 4.80 Å². The topological polar surface area (TPSA) is 137 Å². The Labute approximate surface area is 130 Å². The van der Waals surface area contributed by atoms with Crippen LogP contribution >= 0.6 is 0 Å². The Hall–Kier alpha value is -3.37. The molecule has 0 radical (unpaired) electrons. The number of hydrogen-bond donors (Lipinski definition) is 1. The minimum Gasteiger partial charge on any atom is -0.497 e. The highest BCUT2D eigenvalue weighted by Gasteiger charge is 2.15. The highest BCUT2D eigenvalue weighted by molar-refractivity contribution is 5.95. The number of benzene rings is 1. The molecule has 11 heteroatoms. The second-order valence-electron chi connectivity index (χ2n) is 4.39. The predicted octanol–water partition coefficient (Wildman–Crippen LogP) is 0.396. The molecular weight excluding hydrogens is 306 g/mol. The number of nitro groups is 1. The number of hydrogen-bond acceptors (Lipinski definition) is 8. The third-order valence-corrected chi connectivity index (χ3v) is 2.68. The van der Waals surface area contributed by atoms with E-state index in [4.69, 9.17) is 4.74 Å². The summed E-state index contributed by atoms with van der Waals surface area (Å²) in [5.74, 6) is -0.357. The number of hydrazone groups is 1. The molecule has 1 aromatic heterocycles. The summed E-state index contributed by atoms with van der Waals surface area (Å²) in [6.45, 7) is 1.67. The molecule has 0 atom stereocenters. The Balaban J connectivity index is 1.94. The van der Waals surface area contributed by atoms with Crippen LogP contribution < -0.4 is 10.2 Å². The number of rotatable bonds is 6. The van der Waals surface area contributed by atoms with Gasteiger partial charge >= 0.3 is 5.95 Å². The molecule has 0 aliphatic carbocycles. The van der Waals surface area contributed by atoms with Crippen LogP contribution in [0.2, 0.25) is 0 Å². The first-order valence-electron chi connectivity index (χ1n) is 6.39. The molecule has 1 aromatic carbocycles. The Morgan fingerprint density at radius 1 is 1.43 bits per heavy atom. The van der Waals surface area contributed by atoms with Crippen LogP contribution in [0.15, 0.2) is 29.4 Å². The number of aromatic nitrogens is 4. The van der Waals surface area contributed by atoms with Crippen molar-refractivity contribution in [2.45, 2.75) is 13.5 Å². The molecule has 120 valence electrons. The van der Waals surface area contributed by atoms with E-state index < -0.39 is 16.8 Å². The minimum absolute atomic E-state index is 0.0593. The van der Waals surface area contributed by atoms with E-state index in [1.54, 1.807) is 31.2 Å². The average Bonchev–Trinajstić information content (AvgIpc) is 3.01. The number of amides is 1. The van der Waals surface area contributed by atoms with Gasteiger partial charge in [-0.1, -0.05) is 4.80 Å². The second-order valence-corrected chi connectivity index (χ2v) is 4.39. The molecule has 1 N–H and O–H groups in total. The molecule has 0 fully saturated rings. The van der Waals surface area contributed by atoms with Crippen molar-refractivity contribution >= 4 is 17.6 Å². The molecule has 0 unspecified atom stereocenters. The summed E-state index contributed by atoms with van der Waals surface area (Å²) in [6.07, 6.45) is 0. The van der Waals surface area contributed by atoms with Gasteiger partial charge in [-0.05, 0) is 36.1 Å². The fourth-order valence-electron chi connectivity index (χ4n) is 1.57. The fourth-order valence-corrected chi connectivity index (χ4v) is 1.57. The first-order chi connectivity index (χ1) is 11.0. The maximum Gasteiger partial charge on any atom is 0.514 e. The van der Waals surface area contributed by atoms with Crippen LogP contribution in [0.25, 0.3) is 0 Å². The molecule has 0 spiro atoms. The van der Waals surface area contributed by atoms with Crippen LogP contribution in [0.5, 0.6) is 5.75 Å². The summed E-state index contributed by atoms with van der Waals surface area (Å²) in [5, 5.41) is 24.6. The van der Waals surface area contributed by atoms with Crippen molar-refractivity contribution in [2.75, 3.05) is 7.11 Å². The van der Waals surface area contributed by atoms with Crippen molar-refractivity contribution in [3.63, 3.8) is 0 Å². The molecule has 1 heterocycles. The summed E-state index contributed by atoms with van der Waals surface area (Å²) in [4.78, 5) is 22.6. The molecule has 0 aliphatic rings. The van der Waals surface area contributed by atoms with Gasteiger partial charge in [0.25, 0.3) is 5.91 Å². The summed E-state index contributed by atoms with van der Waals surface area (Å²) in [7, 11) is 1.53. The highest BCUT2D eigenvalue weighted by Crippen LogP contribution is 2.10. The minimum atomic E-state index is -0.749. The first-order valence-corrected chi connectivity index (χ1v) is 6.39. The third-order valence-electron chi connectivity index (χ3n) is 2.68. The number of methoxy groups -OCH3 is 1. The van der Waals surface area contributed by atoms with Gasteiger partial charge in [-0.15, -0.1) is 0 Å². The van der Waals surface area contributed by atoms with E-state index in [9.17, 15) is 14.9 Å². The van der Waals surface area contributed by atoms with Gasteiger partial charge in [-0.3, -0.25) is 4.79 Å². The van der Waals surface area contributed by atoms with Crippen molar-refractivity contribution in [3.05, 3.63) is 39.9 Å². The normalized spacial score (nSPS) is 11.1. The smallest absolute Gasteiger partial charge is 0.497 e. The number of nitrogens with zero attached hydrogens (tertiary/aromatic N) is 6. The molecule has 0 bridgehead atoms. The van der Waals surface area contributed by atoms with Crippen molar-refractivity contribution in [1.29, 1.82) is 0 Å². The SMILES string of the molecule is COc1ccc(C(=O)N/N=C(\C)Cn2nnc([N+](=O)[O-])n2)cc1. The molecule has 0 aliphatic heterocycles. The number of ether oxygens (including phenoxy) is 1. The molecule has 23 heavy (non-hydrogen) atoms. The van der Waals surface area contributed by atoms with Crippen LogP contribution in [0.4, 0.5) is 5.95 Å². The van der Waals surface area contributed by atoms with Crippen molar-refractivity contribution < 1.29 is 14.5 Å². The summed E-state index contributed by atoms with van der Waals surface area (Å²) >= 11 is 0. The predicted molar refractivity (Wildman–Crippen MR) is 78.0 cm³/mol. The van der Waals surface area contributed by atoms with Crippen LogP contribution in [-0.2, 0) is 6.54 Å². The van der Waals surface area contributed by atoms with Crippen LogP contribution in [0.1, 0.15) is 17.3 Å². The Kier molecular flexibility index (Phi) is 4.92. The molecule has 2 rings (SSSR count). The van der Waals surface area contributed by atoms with Crippen molar-refractivity contribution in [2.24, 2.45) is 5.10 Å². The van der Waals surface area contributed by atoms with Crippen molar-refractivity contribution in [3.8, 4) is 5.75 Å². The lowest BCUT2D eigenvalue weighted by Gasteiger charge is -2.03. The largest absolute Gasteiger partial charge is 0.514 e. The van der Waals surface area contributed by atoms with Gasteiger partial charge in [0.15, 0.2) is 0 Å². The summed E-state index contributed by atoms with van der Waals surface area (Å²) in [5.41, 5.74) is 3.23. The molecule has 1 amide bonds. The fraction of sp³-hybridized carbons (Fsp3) is 0.250. The monoisotopic (exact) mass is 319 g/mol. The summed E-state index contributed by atoms with van der Waals surface area (Å²) < 4.78 is 5.00. The lowest BCUT2D eigenvalue weighted by Crippen LogP contribution is -2.21. The number of nitrogens with one attached hydrogen (secondary N) is 1. The number of tetrazole rings is 1. The van der Waals surface area contributed by atoms with Gasteiger partial charge in [0.05, 0.1) is 23.0 Å². The van der Waals surface area contributed by atoms with Crippen LogP contribution in [-0.4, -0.2) is 43.9 Å². The highest BCUT2D eigenvalue weighted by atomic mass is 16.6. The zero-order chi connectivity index (χ0) is 16.8.